The zero-order valence-electron chi connectivity index (χ0n) is 27.6. The number of nitrogens with zero attached hydrogens (tertiary/aromatic N) is 2. The van der Waals surface area contributed by atoms with E-state index in [1.54, 1.807) is 0 Å². The third-order valence-corrected chi connectivity index (χ3v) is 10.5. The van der Waals surface area contributed by atoms with Gasteiger partial charge in [-0.05, 0) is 104 Å². The van der Waals surface area contributed by atoms with Gasteiger partial charge in [0.2, 0.25) is 0 Å². The van der Waals surface area contributed by atoms with Crippen LogP contribution in [0.25, 0.3) is 49.0 Å². The van der Waals surface area contributed by atoms with E-state index in [9.17, 15) is 0 Å². The first-order chi connectivity index (χ1) is 24.8. The fraction of sp³-hybridized carbons (Fsp3) is 0.0417. The molecule has 1 aliphatic carbocycles. The van der Waals surface area contributed by atoms with Crippen molar-refractivity contribution in [3.05, 3.63) is 194 Å². The van der Waals surface area contributed by atoms with Gasteiger partial charge in [0.15, 0.2) is 0 Å². The SMILES string of the molecule is C1=CCC2C(=C1)c1ccc(N(c3ccc(-c4ccccc4)cc3)c3ccc4ccc5c6ccccc6ccc5c4c3)cc1N2c1ccccc1. The van der Waals surface area contributed by atoms with E-state index in [2.05, 4.69) is 198 Å². The summed E-state index contributed by atoms with van der Waals surface area (Å²) < 4.78 is 0. The van der Waals surface area contributed by atoms with Gasteiger partial charge in [0, 0.05) is 28.3 Å². The van der Waals surface area contributed by atoms with Crippen molar-refractivity contribution in [1.82, 2.24) is 0 Å². The molecule has 0 aromatic heterocycles. The van der Waals surface area contributed by atoms with E-state index in [0.717, 1.165) is 23.5 Å². The topological polar surface area (TPSA) is 6.48 Å². The number of benzene rings is 8. The first-order valence-electron chi connectivity index (χ1n) is 17.5. The second-order valence-electron chi connectivity index (χ2n) is 13.3. The van der Waals surface area contributed by atoms with Crippen LogP contribution in [0, 0.1) is 0 Å². The molecule has 0 N–H and O–H groups in total. The van der Waals surface area contributed by atoms with Gasteiger partial charge in [0.1, 0.15) is 0 Å². The third-order valence-electron chi connectivity index (χ3n) is 10.5. The van der Waals surface area contributed by atoms with E-state index in [1.165, 1.54) is 66.0 Å². The molecule has 2 nitrogen and oxygen atoms in total. The molecule has 0 radical (unpaired) electrons. The molecule has 50 heavy (non-hydrogen) atoms. The molecule has 2 aliphatic rings. The lowest BCUT2D eigenvalue weighted by molar-refractivity contribution is 0.829. The molecular weight excluding hydrogens is 605 g/mol. The molecule has 1 aliphatic heterocycles. The van der Waals surface area contributed by atoms with Gasteiger partial charge in [-0.2, -0.15) is 0 Å². The zero-order chi connectivity index (χ0) is 33.0. The van der Waals surface area contributed by atoms with E-state index >= 15 is 0 Å². The predicted molar refractivity (Wildman–Crippen MR) is 213 cm³/mol. The fourth-order valence-electron chi connectivity index (χ4n) is 8.13. The summed E-state index contributed by atoms with van der Waals surface area (Å²) in [5, 5.41) is 7.61. The minimum Gasteiger partial charge on any atom is -0.333 e. The number of rotatable bonds is 5. The molecule has 0 spiro atoms. The van der Waals surface area contributed by atoms with Crippen molar-refractivity contribution < 1.29 is 0 Å². The van der Waals surface area contributed by atoms with Crippen molar-refractivity contribution in [3.8, 4) is 11.1 Å². The van der Waals surface area contributed by atoms with Crippen LogP contribution in [0.5, 0.6) is 0 Å². The lowest BCUT2D eigenvalue weighted by atomic mass is 9.95. The molecular formula is C48H34N2. The number of allylic oxidation sites excluding steroid dienone is 2. The van der Waals surface area contributed by atoms with Crippen LogP contribution in [-0.4, -0.2) is 6.04 Å². The largest absolute Gasteiger partial charge is 0.333 e. The number of anilines is 5. The molecule has 1 atom stereocenters. The Bertz CT molecular complexity index is 2620. The summed E-state index contributed by atoms with van der Waals surface area (Å²) in [5.74, 6) is 0. The smallest absolute Gasteiger partial charge is 0.0632 e. The van der Waals surface area contributed by atoms with Gasteiger partial charge in [0.05, 0.1) is 11.7 Å². The van der Waals surface area contributed by atoms with Crippen molar-refractivity contribution in [2.45, 2.75) is 12.5 Å². The summed E-state index contributed by atoms with van der Waals surface area (Å²) in [6.45, 7) is 0. The van der Waals surface area contributed by atoms with E-state index in [4.69, 9.17) is 0 Å². The summed E-state index contributed by atoms with van der Waals surface area (Å²) in [6, 6.07) is 62.5. The van der Waals surface area contributed by atoms with Crippen LogP contribution in [-0.2, 0) is 0 Å². The van der Waals surface area contributed by atoms with Gasteiger partial charge in [-0.15, -0.1) is 0 Å². The Labute approximate surface area is 292 Å². The van der Waals surface area contributed by atoms with Gasteiger partial charge in [-0.1, -0.05) is 140 Å². The molecule has 236 valence electrons. The summed E-state index contributed by atoms with van der Waals surface area (Å²) in [7, 11) is 0. The minimum atomic E-state index is 0.285. The molecule has 1 heterocycles. The molecule has 0 saturated heterocycles. The maximum absolute atomic E-state index is 2.53. The predicted octanol–water partition coefficient (Wildman–Crippen LogP) is 13.1. The molecule has 8 aromatic rings. The monoisotopic (exact) mass is 638 g/mol. The quantitative estimate of drug-likeness (QED) is 0.173. The molecule has 0 bridgehead atoms. The molecule has 8 aromatic carbocycles. The van der Waals surface area contributed by atoms with Gasteiger partial charge in [-0.25, -0.2) is 0 Å². The molecule has 0 saturated carbocycles. The van der Waals surface area contributed by atoms with Crippen molar-refractivity contribution in [2.75, 3.05) is 9.80 Å². The maximum atomic E-state index is 2.53. The average molecular weight is 639 g/mol. The van der Waals surface area contributed by atoms with Crippen LogP contribution in [0.2, 0.25) is 0 Å². The van der Waals surface area contributed by atoms with E-state index in [-0.39, 0.29) is 6.04 Å². The lowest BCUT2D eigenvalue weighted by Gasteiger charge is -2.30. The highest BCUT2D eigenvalue weighted by molar-refractivity contribution is 6.17. The minimum absolute atomic E-state index is 0.285. The lowest BCUT2D eigenvalue weighted by Crippen LogP contribution is -2.27. The summed E-state index contributed by atoms with van der Waals surface area (Å²) in [6.07, 6.45) is 7.79. The number of fused-ring (bicyclic) bond motifs is 8. The van der Waals surface area contributed by atoms with Crippen LogP contribution in [0.15, 0.2) is 188 Å². The van der Waals surface area contributed by atoms with Crippen molar-refractivity contribution in [3.63, 3.8) is 0 Å². The van der Waals surface area contributed by atoms with Crippen molar-refractivity contribution in [1.29, 1.82) is 0 Å². The Morgan fingerprint density at radius 1 is 0.480 bits per heavy atom. The molecule has 10 rings (SSSR count). The maximum Gasteiger partial charge on any atom is 0.0632 e. The Morgan fingerprint density at radius 3 is 1.92 bits per heavy atom. The normalized spacial score (nSPS) is 14.9. The summed E-state index contributed by atoms with van der Waals surface area (Å²) >= 11 is 0. The summed E-state index contributed by atoms with van der Waals surface area (Å²) in [4.78, 5) is 4.95. The average Bonchev–Trinajstić information content (AvgIpc) is 3.52. The number of hydrogen-bond acceptors (Lipinski definition) is 2. The Balaban J connectivity index is 1.17. The highest BCUT2D eigenvalue weighted by atomic mass is 15.2. The second-order valence-corrected chi connectivity index (χ2v) is 13.3. The molecule has 0 fully saturated rings. The molecule has 1 unspecified atom stereocenters. The van der Waals surface area contributed by atoms with Crippen LogP contribution in [0.3, 0.4) is 0 Å². The summed E-state index contributed by atoms with van der Waals surface area (Å²) in [5.41, 5.74) is 11.0. The molecule has 2 heteroatoms. The van der Waals surface area contributed by atoms with Crippen molar-refractivity contribution in [2.24, 2.45) is 0 Å². The first-order valence-corrected chi connectivity index (χ1v) is 17.5. The van der Waals surface area contributed by atoms with Gasteiger partial charge in [0.25, 0.3) is 0 Å². The highest BCUT2D eigenvalue weighted by Crippen LogP contribution is 2.50. The van der Waals surface area contributed by atoms with E-state index in [0.29, 0.717) is 0 Å². The second kappa shape index (κ2) is 11.6. The van der Waals surface area contributed by atoms with Crippen LogP contribution >= 0.6 is 0 Å². The number of para-hydroxylation sites is 1. The van der Waals surface area contributed by atoms with Gasteiger partial charge < -0.3 is 9.80 Å². The standard InChI is InChI=1S/C48H34N2/c1-3-11-33(12-4-1)34-19-24-38(25-20-34)49(39-26-21-36-23-28-42-41-16-8-7-13-35(41)22-29-43(42)46(36)31-39)40-27-30-45-44-17-9-10-18-47(44)50(48(45)32-40)37-14-5-2-6-15-37/h1-17,19-32,47H,18H2. The van der Waals surface area contributed by atoms with E-state index in [1.807, 2.05) is 0 Å². The van der Waals surface area contributed by atoms with Crippen molar-refractivity contribution >= 4 is 66.3 Å². The Morgan fingerprint density at radius 2 is 1.10 bits per heavy atom. The third kappa shape index (κ3) is 4.64. The zero-order valence-corrected chi connectivity index (χ0v) is 27.6. The van der Waals surface area contributed by atoms with Gasteiger partial charge >= 0.3 is 0 Å². The highest BCUT2D eigenvalue weighted by Gasteiger charge is 2.35. The van der Waals surface area contributed by atoms with E-state index < -0.39 is 0 Å². The van der Waals surface area contributed by atoms with Crippen LogP contribution in [0.4, 0.5) is 28.4 Å². The van der Waals surface area contributed by atoms with Crippen LogP contribution in [0.1, 0.15) is 12.0 Å². The fourth-order valence-corrected chi connectivity index (χ4v) is 8.13. The van der Waals surface area contributed by atoms with Gasteiger partial charge in [-0.3, -0.25) is 0 Å². The Hall–Kier alpha value is -6.38. The molecule has 0 amide bonds. The first kappa shape index (κ1) is 28.6. The number of hydrogen-bond donors (Lipinski definition) is 0. The Kier molecular flexibility index (Phi) is 6.67. The van der Waals surface area contributed by atoms with Crippen LogP contribution < -0.4 is 9.80 Å².